The number of hydrogen-bond donors (Lipinski definition) is 2. The quantitative estimate of drug-likeness (QED) is 0.356. The van der Waals surface area contributed by atoms with E-state index in [2.05, 4.69) is 10.6 Å². The highest BCUT2D eigenvalue weighted by atomic mass is 32.1. The molecular weight excluding hydrogens is 582 g/mol. The van der Waals surface area contributed by atoms with E-state index in [-0.39, 0.29) is 43.6 Å². The second-order valence-electron chi connectivity index (χ2n) is 10.4. The zero-order valence-corrected chi connectivity index (χ0v) is 25.0. The van der Waals surface area contributed by atoms with Crippen LogP contribution in [-0.4, -0.2) is 68.7 Å². The van der Waals surface area contributed by atoms with Gasteiger partial charge in [-0.05, 0) is 53.4 Å². The van der Waals surface area contributed by atoms with Crippen LogP contribution in [-0.2, 0) is 11.3 Å². The number of ether oxygens (including phenoxy) is 4. The van der Waals surface area contributed by atoms with Crippen LogP contribution in [0, 0.1) is 0 Å². The number of methoxy groups -OCH3 is 2. The highest BCUT2D eigenvalue weighted by molar-refractivity contribution is 7.13. The molecule has 0 unspecified atom stereocenters. The molecule has 2 atom stereocenters. The number of likely N-dealkylation sites (tertiary alicyclic amines) is 1. The van der Waals surface area contributed by atoms with E-state index in [1.165, 1.54) is 7.11 Å². The van der Waals surface area contributed by atoms with Crippen LogP contribution >= 0.6 is 11.3 Å². The molecule has 1 saturated heterocycles. The molecule has 0 spiro atoms. The van der Waals surface area contributed by atoms with Gasteiger partial charge in [0.15, 0.2) is 6.61 Å². The Kier molecular flexibility index (Phi) is 8.38. The number of nitrogens with zero attached hydrogens (tertiary/aromatic N) is 1. The summed E-state index contributed by atoms with van der Waals surface area (Å²) in [4.78, 5) is 42.5. The van der Waals surface area contributed by atoms with E-state index >= 15 is 0 Å². The Hall–Kier alpha value is -5.03. The van der Waals surface area contributed by atoms with Gasteiger partial charge in [-0.2, -0.15) is 0 Å². The van der Waals surface area contributed by atoms with Gasteiger partial charge in [0.1, 0.15) is 29.1 Å². The summed E-state index contributed by atoms with van der Waals surface area (Å²) in [5, 5.41) is 7.88. The summed E-state index contributed by atoms with van der Waals surface area (Å²) < 4.78 is 23.0. The van der Waals surface area contributed by atoms with Crippen LogP contribution in [0.15, 0.2) is 78.2 Å². The number of fused-ring (bicyclic) bond motifs is 7. The van der Waals surface area contributed by atoms with Crippen molar-refractivity contribution in [2.45, 2.75) is 18.7 Å². The largest absolute Gasteiger partial charge is 0.497 e. The second-order valence-corrected chi connectivity index (χ2v) is 11.4. The average molecular weight is 614 g/mol. The van der Waals surface area contributed by atoms with Gasteiger partial charge in [0.05, 0.1) is 26.8 Å². The smallest absolute Gasteiger partial charge is 0.258 e. The van der Waals surface area contributed by atoms with Crippen molar-refractivity contribution in [2.75, 3.05) is 33.9 Å². The topological polar surface area (TPSA) is 115 Å². The number of amides is 3. The summed E-state index contributed by atoms with van der Waals surface area (Å²) in [6.07, 6.45) is -0.555. The maximum absolute atomic E-state index is 13.6. The van der Waals surface area contributed by atoms with Gasteiger partial charge < -0.3 is 34.5 Å². The van der Waals surface area contributed by atoms with Crippen LogP contribution in [0.4, 0.5) is 0 Å². The lowest BCUT2D eigenvalue weighted by atomic mass is 10.1. The maximum Gasteiger partial charge on any atom is 0.258 e. The molecule has 3 aromatic carbocycles. The normalized spacial score (nSPS) is 18.3. The molecule has 3 amide bonds. The first kappa shape index (κ1) is 29.1. The fraction of sp³-hybridized carbons (Fsp3) is 0.242. The minimum atomic E-state index is -0.555. The molecule has 44 heavy (non-hydrogen) atoms. The van der Waals surface area contributed by atoms with E-state index in [0.29, 0.717) is 28.6 Å². The third kappa shape index (κ3) is 6.32. The van der Waals surface area contributed by atoms with Crippen LogP contribution < -0.4 is 29.6 Å². The number of hydrogen-bond acceptors (Lipinski definition) is 8. The van der Waals surface area contributed by atoms with Gasteiger partial charge in [-0.15, -0.1) is 11.3 Å². The van der Waals surface area contributed by atoms with E-state index < -0.39 is 18.1 Å². The van der Waals surface area contributed by atoms with Crippen molar-refractivity contribution in [3.63, 3.8) is 0 Å². The molecule has 3 aliphatic rings. The Morgan fingerprint density at radius 3 is 2.52 bits per heavy atom. The molecular formula is C33H31N3O7S. The first-order chi connectivity index (χ1) is 21.4. The number of carbonyl (C=O) groups excluding carboxylic acids is 3. The Balaban J connectivity index is 1.30. The molecule has 7 rings (SSSR count). The lowest BCUT2D eigenvalue weighted by Gasteiger charge is -2.22. The van der Waals surface area contributed by atoms with E-state index in [1.54, 1.807) is 53.7 Å². The fourth-order valence-electron chi connectivity index (χ4n) is 5.27. The van der Waals surface area contributed by atoms with Crippen LogP contribution in [0.2, 0.25) is 0 Å². The van der Waals surface area contributed by atoms with Gasteiger partial charge in [0.2, 0.25) is 0 Å². The Morgan fingerprint density at radius 2 is 1.77 bits per heavy atom. The van der Waals surface area contributed by atoms with Gasteiger partial charge in [-0.1, -0.05) is 18.2 Å². The number of thiophene rings is 1. The lowest BCUT2D eigenvalue weighted by molar-refractivity contribution is -0.123. The number of rotatable bonds is 4. The number of nitrogens with one attached hydrogen (secondary N) is 2. The van der Waals surface area contributed by atoms with Crippen molar-refractivity contribution in [3.05, 3.63) is 94.9 Å². The third-order valence-electron chi connectivity index (χ3n) is 7.58. The van der Waals surface area contributed by atoms with Gasteiger partial charge in [0, 0.05) is 46.8 Å². The SMILES string of the molecule is COc1cc2cc(c1)C(=O)N[C@H]1CN(C(=O)c3ccc(-c4cccs4)cc3)C[C@@H]1Oc1ccc(c(OC)c1)CNC(=O)CO2. The van der Waals surface area contributed by atoms with Crippen molar-refractivity contribution < 1.29 is 33.3 Å². The second kappa shape index (κ2) is 12.7. The fourth-order valence-corrected chi connectivity index (χ4v) is 6.00. The molecule has 0 radical (unpaired) electrons. The monoisotopic (exact) mass is 613 g/mol. The van der Waals surface area contributed by atoms with Gasteiger partial charge in [0.25, 0.3) is 17.7 Å². The summed E-state index contributed by atoms with van der Waals surface area (Å²) in [5.74, 6) is 0.840. The summed E-state index contributed by atoms with van der Waals surface area (Å²) in [7, 11) is 3.02. The lowest BCUT2D eigenvalue weighted by Crippen LogP contribution is -2.45. The molecule has 4 heterocycles. The zero-order valence-electron chi connectivity index (χ0n) is 24.2. The number of benzene rings is 3. The predicted octanol–water partition coefficient (Wildman–Crippen LogP) is 4.14. The van der Waals surface area contributed by atoms with Crippen LogP contribution in [0.1, 0.15) is 26.3 Å². The van der Waals surface area contributed by atoms with Crippen molar-refractivity contribution >= 4 is 29.1 Å². The average Bonchev–Trinajstić information content (AvgIpc) is 3.73. The molecule has 226 valence electrons. The van der Waals surface area contributed by atoms with E-state index in [1.807, 2.05) is 47.8 Å². The Bertz CT molecular complexity index is 1670. The van der Waals surface area contributed by atoms with Crippen molar-refractivity contribution in [3.8, 4) is 33.4 Å². The van der Waals surface area contributed by atoms with E-state index in [4.69, 9.17) is 18.9 Å². The molecule has 1 fully saturated rings. The predicted molar refractivity (Wildman–Crippen MR) is 165 cm³/mol. The van der Waals surface area contributed by atoms with E-state index in [0.717, 1.165) is 16.0 Å². The summed E-state index contributed by atoms with van der Waals surface area (Å²) in [6, 6.07) is 21.1. The first-order valence-corrected chi connectivity index (χ1v) is 14.9. The highest BCUT2D eigenvalue weighted by Gasteiger charge is 2.38. The van der Waals surface area contributed by atoms with Crippen molar-refractivity contribution in [1.82, 2.24) is 15.5 Å². The molecule has 4 aromatic rings. The van der Waals surface area contributed by atoms with Gasteiger partial charge in [-0.3, -0.25) is 14.4 Å². The highest BCUT2D eigenvalue weighted by Crippen LogP contribution is 2.29. The first-order valence-electron chi connectivity index (χ1n) is 14.1. The summed E-state index contributed by atoms with van der Waals surface area (Å²) >= 11 is 1.64. The standard InChI is InChI=1S/C33H31N3O7S/c1-40-25-12-23-13-26(14-25)42-19-31(37)34-16-22-9-10-24(15-28(22)41-2)43-29-18-36(17-27(29)35-32(23)38)33(39)21-7-5-20(6-8-21)30-4-3-11-44-30/h3-15,27,29H,16-19H2,1-2H3,(H,34,37)(H,35,38)/t27-,29-/m0/s1. The third-order valence-corrected chi connectivity index (χ3v) is 8.50. The molecule has 2 N–H and O–H groups in total. The summed E-state index contributed by atoms with van der Waals surface area (Å²) in [6.45, 7) is 0.453. The molecule has 11 heteroatoms. The minimum Gasteiger partial charge on any atom is -0.497 e. The minimum absolute atomic E-state index is 0.157. The molecule has 1 aromatic heterocycles. The van der Waals surface area contributed by atoms with Crippen LogP contribution in [0.5, 0.6) is 23.0 Å². The van der Waals surface area contributed by atoms with Crippen molar-refractivity contribution in [1.29, 1.82) is 0 Å². The molecule has 10 nitrogen and oxygen atoms in total. The van der Waals surface area contributed by atoms with Gasteiger partial charge >= 0.3 is 0 Å². The maximum atomic E-state index is 13.6. The molecule has 3 aliphatic heterocycles. The van der Waals surface area contributed by atoms with Gasteiger partial charge in [-0.25, -0.2) is 0 Å². The molecule has 0 saturated carbocycles. The molecule has 4 bridgehead atoms. The number of carbonyl (C=O) groups is 3. The Labute approximate surface area is 258 Å². The van der Waals surface area contributed by atoms with E-state index in [9.17, 15) is 14.4 Å². The van der Waals surface area contributed by atoms with Crippen LogP contribution in [0.25, 0.3) is 10.4 Å². The van der Waals surface area contributed by atoms with Crippen molar-refractivity contribution in [2.24, 2.45) is 0 Å². The Morgan fingerprint density at radius 1 is 0.932 bits per heavy atom. The molecule has 0 aliphatic carbocycles. The van der Waals surface area contributed by atoms with Crippen LogP contribution in [0.3, 0.4) is 0 Å². The summed E-state index contributed by atoms with van der Waals surface area (Å²) in [5.41, 5.74) is 2.62. The zero-order chi connectivity index (χ0) is 30.6.